The molecule has 0 aliphatic heterocycles. The molecule has 1 rings (SSSR count). The second-order valence-electron chi connectivity index (χ2n) is 4.66. The monoisotopic (exact) mass is 300 g/mol. The lowest BCUT2D eigenvalue weighted by atomic mass is 10.1. The smallest absolute Gasteiger partial charge is 0.227 e. The van der Waals surface area contributed by atoms with Crippen LogP contribution >= 0.6 is 12.2 Å². The third-order valence-corrected chi connectivity index (χ3v) is 3.46. The highest BCUT2D eigenvalue weighted by Gasteiger charge is 2.17. The van der Waals surface area contributed by atoms with Gasteiger partial charge >= 0.3 is 0 Å². The van der Waals surface area contributed by atoms with Crippen LogP contribution in [0.4, 0.5) is 8.78 Å². The Hall–Kier alpha value is -1.56. The number of rotatable bonds is 6. The van der Waals surface area contributed by atoms with Crippen LogP contribution < -0.4 is 5.73 Å². The summed E-state index contributed by atoms with van der Waals surface area (Å²) in [5.41, 5.74) is 5.97. The summed E-state index contributed by atoms with van der Waals surface area (Å²) in [7, 11) is 0. The van der Waals surface area contributed by atoms with E-state index in [-0.39, 0.29) is 18.2 Å². The van der Waals surface area contributed by atoms with Gasteiger partial charge in [-0.3, -0.25) is 4.79 Å². The van der Waals surface area contributed by atoms with Crippen molar-refractivity contribution in [1.29, 1.82) is 0 Å². The van der Waals surface area contributed by atoms with E-state index >= 15 is 0 Å². The third-order valence-electron chi connectivity index (χ3n) is 3.05. The maximum atomic E-state index is 13.1. The number of carbonyl (C=O) groups is 1. The Morgan fingerprint density at radius 2 is 2.05 bits per heavy atom. The lowest BCUT2D eigenvalue weighted by molar-refractivity contribution is -0.130. The van der Waals surface area contributed by atoms with Gasteiger partial charge in [0, 0.05) is 19.0 Å². The van der Waals surface area contributed by atoms with E-state index in [1.807, 2.05) is 13.8 Å². The first-order valence-electron chi connectivity index (χ1n) is 6.36. The SMILES string of the molecule is CCN(CC(C)C(N)=S)C(=O)Cc1ccc(F)c(F)c1. The largest absolute Gasteiger partial charge is 0.393 e. The third kappa shape index (κ3) is 4.52. The van der Waals surface area contributed by atoms with E-state index in [1.54, 1.807) is 4.90 Å². The van der Waals surface area contributed by atoms with Gasteiger partial charge < -0.3 is 10.6 Å². The topological polar surface area (TPSA) is 46.3 Å². The molecule has 0 radical (unpaired) electrons. The Morgan fingerprint density at radius 3 is 2.55 bits per heavy atom. The van der Waals surface area contributed by atoms with Crippen molar-refractivity contribution >= 4 is 23.1 Å². The van der Waals surface area contributed by atoms with E-state index in [0.717, 1.165) is 12.1 Å². The van der Waals surface area contributed by atoms with Crippen LogP contribution in [0.5, 0.6) is 0 Å². The van der Waals surface area contributed by atoms with Crippen molar-refractivity contribution < 1.29 is 13.6 Å². The number of carbonyl (C=O) groups excluding carboxylic acids is 1. The number of nitrogens with two attached hydrogens (primary N) is 1. The minimum Gasteiger partial charge on any atom is -0.393 e. The molecule has 3 nitrogen and oxygen atoms in total. The average Bonchev–Trinajstić information content (AvgIpc) is 2.39. The molecule has 2 N–H and O–H groups in total. The van der Waals surface area contributed by atoms with Gasteiger partial charge in [0.25, 0.3) is 0 Å². The van der Waals surface area contributed by atoms with Gasteiger partial charge in [0.05, 0.1) is 11.4 Å². The van der Waals surface area contributed by atoms with Gasteiger partial charge in [0.15, 0.2) is 11.6 Å². The predicted molar refractivity (Wildman–Crippen MR) is 78.3 cm³/mol. The zero-order valence-electron chi connectivity index (χ0n) is 11.5. The maximum Gasteiger partial charge on any atom is 0.227 e. The zero-order chi connectivity index (χ0) is 15.3. The minimum absolute atomic E-state index is 0.0229. The predicted octanol–water partition coefficient (Wildman–Crippen LogP) is 2.28. The summed E-state index contributed by atoms with van der Waals surface area (Å²) < 4.78 is 25.9. The van der Waals surface area contributed by atoms with Gasteiger partial charge in [-0.25, -0.2) is 8.78 Å². The van der Waals surface area contributed by atoms with Gasteiger partial charge in [0.2, 0.25) is 5.91 Å². The van der Waals surface area contributed by atoms with Gasteiger partial charge in [-0.05, 0) is 24.6 Å². The fraction of sp³-hybridized carbons (Fsp3) is 0.429. The van der Waals surface area contributed by atoms with Crippen LogP contribution in [0, 0.1) is 17.6 Å². The molecule has 0 heterocycles. The molecule has 110 valence electrons. The van der Waals surface area contributed by atoms with E-state index < -0.39 is 11.6 Å². The van der Waals surface area contributed by atoms with Gasteiger partial charge in [0.1, 0.15) is 0 Å². The summed E-state index contributed by atoms with van der Waals surface area (Å²) in [5.74, 6) is -2.12. The number of amides is 1. The highest BCUT2D eigenvalue weighted by atomic mass is 32.1. The average molecular weight is 300 g/mol. The molecule has 0 fully saturated rings. The van der Waals surface area contributed by atoms with Crippen LogP contribution in [0.2, 0.25) is 0 Å². The maximum absolute atomic E-state index is 13.1. The summed E-state index contributed by atoms with van der Waals surface area (Å²) in [5, 5.41) is 0. The van der Waals surface area contributed by atoms with Gasteiger partial charge in [-0.15, -0.1) is 0 Å². The Morgan fingerprint density at radius 1 is 1.40 bits per heavy atom. The molecule has 0 aliphatic carbocycles. The molecular formula is C14H18F2N2OS. The Labute approximate surface area is 122 Å². The highest BCUT2D eigenvalue weighted by Crippen LogP contribution is 2.11. The second kappa shape index (κ2) is 7.28. The lowest BCUT2D eigenvalue weighted by Crippen LogP contribution is -2.38. The van der Waals surface area contributed by atoms with Crippen LogP contribution in [0.3, 0.4) is 0 Å². The molecule has 1 aromatic carbocycles. The molecule has 0 bridgehead atoms. The molecule has 0 aliphatic rings. The molecule has 0 saturated carbocycles. The van der Waals surface area contributed by atoms with E-state index in [9.17, 15) is 13.6 Å². The van der Waals surface area contributed by atoms with Crippen LogP contribution in [0.1, 0.15) is 19.4 Å². The lowest BCUT2D eigenvalue weighted by Gasteiger charge is -2.24. The number of hydrogen-bond acceptors (Lipinski definition) is 2. The molecule has 20 heavy (non-hydrogen) atoms. The summed E-state index contributed by atoms with van der Waals surface area (Å²) in [6, 6.07) is 3.46. The van der Waals surface area contributed by atoms with Crippen molar-refractivity contribution in [2.75, 3.05) is 13.1 Å². The normalized spacial score (nSPS) is 12.0. The van der Waals surface area contributed by atoms with Crippen molar-refractivity contribution in [3.8, 4) is 0 Å². The molecule has 1 aromatic rings. The van der Waals surface area contributed by atoms with E-state index in [4.69, 9.17) is 18.0 Å². The Balaban J connectivity index is 2.72. The second-order valence-corrected chi connectivity index (χ2v) is 5.13. The molecule has 0 saturated heterocycles. The summed E-state index contributed by atoms with van der Waals surface area (Å²) in [4.78, 5) is 14.1. The highest BCUT2D eigenvalue weighted by molar-refractivity contribution is 7.80. The van der Waals surface area contributed by atoms with Crippen LogP contribution in [0.15, 0.2) is 18.2 Å². The molecule has 0 aromatic heterocycles. The van der Waals surface area contributed by atoms with Crippen molar-refractivity contribution in [1.82, 2.24) is 4.90 Å². The number of hydrogen-bond donors (Lipinski definition) is 1. The number of nitrogens with zero attached hydrogens (tertiary/aromatic N) is 1. The minimum atomic E-state index is -0.949. The van der Waals surface area contributed by atoms with E-state index in [2.05, 4.69) is 0 Å². The van der Waals surface area contributed by atoms with Crippen LogP contribution in [-0.4, -0.2) is 28.9 Å². The summed E-state index contributed by atoms with van der Waals surface area (Å²) in [6.45, 7) is 4.62. The molecule has 1 atom stereocenters. The van der Waals surface area contributed by atoms with E-state index in [0.29, 0.717) is 23.6 Å². The first-order chi connectivity index (χ1) is 9.35. The van der Waals surface area contributed by atoms with Crippen molar-refractivity contribution in [3.63, 3.8) is 0 Å². The van der Waals surface area contributed by atoms with Crippen LogP contribution in [0.25, 0.3) is 0 Å². The summed E-state index contributed by atoms with van der Waals surface area (Å²) in [6.07, 6.45) is 0.0229. The number of halogens is 2. The van der Waals surface area contributed by atoms with Crippen LogP contribution in [-0.2, 0) is 11.2 Å². The Kier molecular flexibility index (Phi) is 6.01. The first kappa shape index (κ1) is 16.5. The van der Waals surface area contributed by atoms with E-state index in [1.165, 1.54) is 6.07 Å². The van der Waals surface area contributed by atoms with Gasteiger partial charge in [-0.1, -0.05) is 25.2 Å². The van der Waals surface area contributed by atoms with Crippen molar-refractivity contribution in [2.24, 2.45) is 11.7 Å². The molecular weight excluding hydrogens is 282 g/mol. The molecule has 0 spiro atoms. The quantitative estimate of drug-likeness (QED) is 0.820. The fourth-order valence-electron chi connectivity index (χ4n) is 1.76. The fourth-order valence-corrected chi connectivity index (χ4v) is 1.84. The van der Waals surface area contributed by atoms with Crippen molar-refractivity contribution in [3.05, 3.63) is 35.4 Å². The van der Waals surface area contributed by atoms with Crippen molar-refractivity contribution in [2.45, 2.75) is 20.3 Å². The number of benzene rings is 1. The molecule has 1 amide bonds. The molecule has 1 unspecified atom stereocenters. The standard InChI is InChI=1S/C14H18F2N2OS/c1-3-18(8-9(2)14(17)20)13(19)7-10-4-5-11(15)12(16)6-10/h4-6,9H,3,7-8H2,1-2H3,(H2,17,20). The Bertz CT molecular complexity index is 508. The summed E-state index contributed by atoms with van der Waals surface area (Å²) >= 11 is 4.88. The first-order valence-corrected chi connectivity index (χ1v) is 6.77. The number of thiocarbonyl (C=S) groups is 1. The number of likely N-dealkylation sites (N-methyl/N-ethyl adjacent to an activating group) is 1. The van der Waals surface area contributed by atoms with Gasteiger partial charge in [-0.2, -0.15) is 0 Å². The zero-order valence-corrected chi connectivity index (χ0v) is 12.3. The molecule has 6 heteroatoms.